The minimum Gasteiger partial charge on any atom is -0.496 e. The average Bonchev–Trinajstić information content (AvgIpc) is 2.91. The van der Waals surface area contributed by atoms with Crippen LogP contribution in [-0.2, 0) is 16.1 Å². The van der Waals surface area contributed by atoms with Gasteiger partial charge in [0.05, 0.1) is 13.7 Å². The number of hydrogen-bond donors (Lipinski definition) is 1. The maximum atomic E-state index is 12.5. The number of likely N-dealkylation sites (N-methyl/N-ethyl adjacent to an activating group) is 1. The van der Waals surface area contributed by atoms with Crippen LogP contribution < -0.4 is 10.1 Å². The van der Waals surface area contributed by atoms with Gasteiger partial charge in [0.2, 0.25) is 5.91 Å². The Morgan fingerprint density at radius 2 is 2.18 bits per heavy atom. The molecule has 1 aromatic carbocycles. The molecule has 1 aromatic rings. The Balaban J connectivity index is 2.30. The van der Waals surface area contributed by atoms with E-state index in [0.29, 0.717) is 13.2 Å². The number of methoxy groups -OCH3 is 2. The second-order valence-corrected chi connectivity index (χ2v) is 5.88. The number of carbonyl (C=O) groups is 1. The first-order chi connectivity index (χ1) is 10.6. The lowest BCUT2D eigenvalue weighted by Gasteiger charge is -2.36. The van der Waals surface area contributed by atoms with Crippen LogP contribution in [0.2, 0.25) is 0 Å². The van der Waals surface area contributed by atoms with Crippen LogP contribution in [0, 0.1) is 6.92 Å². The van der Waals surface area contributed by atoms with E-state index in [2.05, 4.69) is 23.2 Å². The maximum absolute atomic E-state index is 12.5. The Kier molecular flexibility index (Phi) is 5.42. The maximum Gasteiger partial charge on any atom is 0.242 e. The third kappa shape index (κ3) is 3.10. The minimum absolute atomic E-state index is 0.0264. The van der Waals surface area contributed by atoms with E-state index in [1.807, 2.05) is 12.1 Å². The normalized spacial score (nSPS) is 21.8. The fourth-order valence-corrected chi connectivity index (χ4v) is 3.36. The molecule has 22 heavy (non-hydrogen) atoms. The smallest absolute Gasteiger partial charge is 0.242 e. The molecule has 1 unspecified atom stereocenters. The van der Waals surface area contributed by atoms with E-state index >= 15 is 0 Å². The summed E-state index contributed by atoms with van der Waals surface area (Å²) in [4.78, 5) is 14.7. The molecule has 0 saturated carbocycles. The molecule has 1 fully saturated rings. The molecule has 0 radical (unpaired) electrons. The van der Waals surface area contributed by atoms with Crippen LogP contribution >= 0.6 is 0 Å². The van der Waals surface area contributed by atoms with E-state index in [9.17, 15) is 4.79 Å². The van der Waals surface area contributed by atoms with Gasteiger partial charge >= 0.3 is 0 Å². The molecule has 1 atom stereocenters. The topological polar surface area (TPSA) is 50.8 Å². The first kappa shape index (κ1) is 16.8. The van der Waals surface area contributed by atoms with Crippen LogP contribution in [0.5, 0.6) is 5.75 Å². The van der Waals surface area contributed by atoms with Gasteiger partial charge < -0.3 is 14.8 Å². The lowest BCUT2D eigenvalue weighted by molar-refractivity contribution is -0.135. The largest absolute Gasteiger partial charge is 0.496 e. The van der Waals surface area contributed by atoms with Gasteiger partial charge in [0.25, 0.3) is 0 Å². The molecular formula is C17H26N2O3. The van der Waals surface area contributed by atoms with Crippen LogP contribution in [-0.4, -0.2) is 50.8 Å². The summed E-state index contributed by atoms with van der Waals surface area (Å²) in [7, 11) is 5.01. The summed E-state index contributed by atoms with van der Waals surface area (Å²) >= 11 is 0. The quantitative estimate of drug-likeness (QED) is 0.869. The van der Waals surface area contributed by atoms with Crippen LogP contribution in [0.1, 0.15) is 24.0 Å². The Morgan fingerprint density at radius 3 is 2.82 bits per heavy atom. The number of rotatable bonds is 6. The highest BCUT2D eigenvalue weighted by Crippen LogP contribution is 2.33. The van der Waals surface area contributed by atoms with Crippen molar-refractivity contribution in [3.63, 3.8) is 0 Å². The van der Waals surface area contributed by atoms with Crippen LogP contribution in [0.4, 0.5) is 0 Å². The number of hydrogen-bond acceptors (Lipinski definition) is 4. The summed E-state index contributed by atoms with van der Waals surface area (Å²) in [5.74, 6) is 0.888. The number of nitrogens with zero attached hydrogens (tertiary/aromatic N) is 1. The first-order valence-electron chi connectivity index (χ1n) is 7.67. The highest BCUT2D eigenvalue weighted by molar-refractivity contribution is 5.86. The van der Waals surface area contributed by atoms with Gasteiger partial charge in [0.15, 0.2) is 0 Å². The molecule has 5 nitrogen and oxygen atoms in total. The van der Waals surface area contributed by atoms with Gasteiger partial charge in [-0.3, -0.25) is 9.69 Å². The second-order valence-electron chi connectivity index (χ2n) is 5.88. The minimum atomic E-state index is -0.585. The lowest BCUT2D eigenvalue weighted by atomic mass is 9.95. The van der Waals surface area contributed by atoms with E-state index in [4.69, 9.17) is 9.47 Å². The monoisotopic (exact) mass is 306 g/mol. The molecule has 1 saturated heterocycles. The number of carbonyl (C=O) groups excluding carboxylic acids is 1. The summed E-state index contributed by atoms with van der Waals surface area (Å²) in [5.41, 5.74) is 1.71. The number of amides is 1. The molecule has 122 valence electrons. The number of nitrogens with one attached hydrogen (secondary N) is 1. The second kappa shape index (κ2) is 7.11. The van der Waals surface area contributed by atoms with Crippen LogP contribution in [0.25, 0.3) is 0 Å². The highest BCUT2D eigenvalue weighted by atomic mass is 16.5. The SMILES string of the molecule is CNC(=O)C1(COC)CCCN1Cc1cc(C)ccc1OC. The predicted molar refractivity (Wildman–Crippen MR) is 86.0 cm³/mol. The molecule has 1 heterocycles. The number of ether oxygens (including phenoxy) is 2. The molecule has 1 aliphatic rings. The standard InChI is InChI=1S/C17H26N2O3/c1-13-6-7-15(22-4)14(10-13)11-19-9-5-8-17(19,12-21-3)16(20)18-2/h6-7,10H,5,8-9,11-12H2,1-4H3,(H,18,20). The third-order valence-corrected chi connectivity index (χ3v) is 4.45. The molecular weight excluding hydrogens is 280 g/mol. The van der Waals surface area contributed by atoms with Gasteiger partial charge in [0.1, 0.15) is 11.3 Å². The van der Waals surface area contributed by atoms with Gasteiger partial charge in [-0.05, 0) is 32.4 Å². The van der Waals surface area contributed by atoms with E-state index in [1.54, 1.807) is 21.3 Å². The van der Waals surface area contributed by atoms with Gasteiger partial charge in [-0.2, -0.15) is 0 Å². The zero-order valence-corrected chi connectivity index (χ0v) is 13.9. The van der Waals surface area contributed by atoms with E-state index in [0.717, 1.165) is 30.7 Å². The molecule has 0 aromatic heterocycles. The van der Waals surface area contributed by atoms with Gasteiger partial charge in [0, 0.05) is 26.3 Å². The van der Waals surface area contributed by atoms with Crippen molar-refractivity contribution in [3.05, 3.63) is 29.3 Å². The van der Waals surface area contributed by atoms with Crippen LogP contribution in [0.3, 0.4) is 0 Å². The number of benzene rings is 1. The van der Waals surface area contributed by atoms with Crippen molar-refractivity contribution >= 4 is 5.91 Å². The van der Waals surface area contributed by atoms with Crippen molar-refractivity contribution in [1.29, 1.82) is 0 Å². The predicted octanol–water partition coefficient (Wildman–Crippen LogP) is 1.73. The van der Waals surface area contributed by atoms with E-state index in [1.165, 1.54) is 5.56 Å². The summed E-state index contributed by atoms with van der Waals surface area (Å²) in [6.07, 6.45) is 1.81. The molecule has 1 N–H and O–H groups in total. The molecule has 0 spiro atoms. The van der Waals surface area contributed by atoms with Crippen molar-refractivity contribution < 1.29 is 14.3 Å². The average molecular weight is 306 g/mol. The molecule has 0 aliphatic carbocycles. The molecule has 1 amide bonds. The van der Waals surface area contributed by atoms with Gasteiger partial charge in [-0.1, -0.05) is 17.7 Å². The zero-order valence-electron chi connectivity index (χ0n) is 13.9. The highest BCUT2D eigenvalue weighted by Gasteiger charge is 2.47. The van der Waals surface area contributed by atoms with Crippen LogP contribution in [0.15, 0.2) is 18.2 Å². The summed E-state index contributed by atoms with van der Waals surface area (Å²) in [6, 6.07) is 6.14. The zero-order chi connectivity index (χ0) is 16.2. The Bertz CT molecular complexity index is 533. The Morgan fingerprint density at radius 1 is 1.41 bits per heavy atom. The lowest BCUT2D eigenvalue weighted by Crippen LogP contribution is -2.57. The van der Waals surface area contributed by atoms with Crippen molar-refractivity contribution in [2.45, 2.75) is 31.8 Å². The van der Waals surface area contributed by atoms with Crippen molar-refractivity contribution in [1.82, 2.24) is 10.2 Å². The summed E-state index contributed by atoms with van der Waals surface area (Å²) in [5, 5.41) is 2.80. The Hall–Kier alpha value is -1.59. The van der Waals surface area contributed by atoms with E-state index in [-0.39, 0.29) is 5.91 Å². The Labute approximate surface area is 132 Å². The molecule has 0 bridgehead atoms. The van der Waals surface area contributed by atoms with Gasteiger partial charge in [-0.15, -0.1) is 0 Å². The van der Waals surface area contributed by atoms with E-state index < -0.39 is 5.54 Å². The number of likely N-dealkylation sites (tertiary alicyclic amines) is 1. The number of aryl methyl sites for hydroxylation is 1. The van der Waals surface area contributed by atoms with Crippen molar-refractivity contribution in [2.24, 2.45) is 0 Å². The van der Waals surface area contributed by atoms with Gasteiger partial charge in [-0.25, -0.2) is 0 Å². The summed E-state index contributed by atoms with van der Waals surface area (Å²) in [6.45, 7) is 4.03. The molecule has 2 rings (SSSR count). The fourth-order valence-electron chi connectivity index (χ4n) is 3.36. The molecule has 1 aliphatic heterocycles. The molecule has 5 heteroatoms. The first-order valence-corrected chi connectivity index (χ1v) is 7.67. The van der Waals surface area contributed by atoms with Crippen molar-refractivity contribution in [2.75, 3.05) is 34.4 Å². The fraction of sp³-hybridized carbons (Fsp3) is 0.588. The van der Waals surface area contributed by atoms with Crippen molar-refractivity contribution in [3.8, 4) is 5.75 Å². The summed E-state index contributed by atoms with van der Waals surface area (Å²) < 4.78 is 10.8. The third-order valence-electron chi connectivity index (χ3n) is 4.45.